The van der Waals surface area contributed by atoms with Crippen molar-refractivity contribution in [2.45, 2.75) is 37.6 Å². The maximum Gasteiger partial charge on any atom is 0.130 e. The summed E-state index contributed by atoms with van der Waals surface area (Å²) in [6, 6.07) is 2.20. The van der Waals surface area contributed by atoms with Crippen molar-refractivity contribution in [1.82, 2.24) is 0 Å². The number of nitrogens with zero attached hydrogens (tertiary/aromatic N) is 1. The van der Waals surface area contributed by atoms with E-state index in [-0.39, 0.29) is 0 Å². The third-order valence-electron chi connectivity index (χ3n) is 3.22. The summed E-state index contributed by atoms with van der Waals surface area (Å²) in [4.78, 5) is 0. The molecule has 0 spiro atoms. The van der Waals surface area contributed by atoms with E-state index >= 15 is 0 Å². The minimum atomic E-state index is -0.705. The Morgan fingerprint density at radius 2 is 2.07 bits per heavy atom. The number of hydrogen-bond acceptors (Lipinski definition) is 3. The second-order valence-electron chi connectivity index (χ2n) is 4.71. The molecule has 0 bridgehead atoms. The van der Waals surface area contributed by atoms with Crippen LogP contribution in [-0.4, -0.2) is 18.8 Å². The average molecular weight is 194 g/mol. The first-order valence-corrected chi connectivity index (χ1v) is 5.52. The summed E-state index contributed by atoms with van der Waals surface area (Å²) in [5.74, 6) is 1.28. The standard InChI is InChI=1S/C11H18N2O/c12-7-11(13,10-3-4-10)8-14-6-5-9-1-2-9/h9-10H,1-6,8,13H2. The van der Waals surface area contributed by atoms with Gasteiger partial charge in [0.05, 0.1) is 12.7 Å². The van der Waals surface area contributed by atoms with E-state index in [9.17, 15) is 0 Å². The first kappa shape index (κ1) is 9.95. The summed E-state index contributed by atoms with van der Waals surface area (Å²) in [5.41, 5.74) is 5.24. The summed E-state index contributed by atoms with van der Waals surface area (Å²) < 4.78 is 5.49. The van der Waals surface area contributed by atoms with Crippen LogP contribution in [0.25, 0.3) is 0 Å². The molecule has 2 fully saturated rings. The van der Waals surface area contributed by atoms with Gasteiger partial charge in [-0.1, -0.05) is 12.8 Å². The lowest BCUT2D eigenvalue weighted by Gasteiger charge is -2.20. The first-order valence-electron chi connectivity index (χ1n) is 5.52. The van der Waals surface area contributed by atoms with Gasteiger partial charge in [-0.2, -0.15) is 5.26 Å². The summed E-state index contributed by atoms with van der Waals surface area (Å²) in [6.07, 6.45) is 6.05. The normalized spacial score (nSPS) is 25.4. The second-order valence-corrected chi connectivity index (χ2v) is 4.71. The van der Waals surface area contributed by atoms with Crippen LogP contribution in [0.4, 0.5) is 0 Å². The predicted octanol–water partition coefficient (Wildman–Crippen LogP) is 1.43. The molecule has 0 amide bonds. The molecule has 2 N–H and O–H groups in total. The van der Waals surface area contributed by atoms with Crippen LogP contribution in [0.15, 0.2) is 0 Å². The van der Waals surface area contributed by atoms with Gasteiger partial charge in [-0.3, -0.25) is 0 Å². The minimum absolute atomic E-state index is 0.383. The Morgan fingerprint density at radius 1 is 1.36 bits per heavy atom. The van der Waals surface area contributed by atoms with Gasteiger partial charge >= 0.3 is 0 Å². The number of rotatable bonds is 6. The Kier molecular flexibility index (Phi) is 2.76. The molecule has 0 aliphatic heterocycles. The highest BCUT2D eigenvalue weighted by Gasteiger charge is 2.42. The zero-order chi connectivity index (χ0) is 10.0. The van der Waals surface area contributed by atoms with Crippen LogP contribution < -0.4 is 5.73 Å². The maximum atomic E-state index is 8.96. The van der Waals surface area contributed by atoms with Gasteiger partial charge in [0.1, 0.15) is 5.54 Å². The quantitative estimate of drug-likeness (QED) is 0.651. The number of nitrogens with two attached hydrogens (primary N) is 1. The average Bonchev–Trinajstić information content (AvgIpc) is 3.04. The van der Waals surface area contributed by atoms with Gasteiger partial charge in [0.25, 0.3) is 0 Å². The van der Waals surface area contributed by atoms with E-state index in [1.165, 1.54) is 12.8 Å². The molecule has 14 heavy (non-hydrogen) atoms. The molecule has 0 heterocycles. The predicted molar refractivity (Wildman–Crippen MR) is 53.4 cm³/mol. The molecule has 3 nitrogen and oxygen atoms in total. The van der Waals surface area contributed by atoms with E-state index in [1.807, 2.05) is 0 Å². The van der Waals surface area contributed by atoms with Crippen molar-refractivity contribution in [3.05, 3.63) is 0 Å². The lowest BCUT2D eigenvalue weighted by Crippen LogP contribution is -2.45. The van der Waals surface area contributed by atoms with E-state index in [4.69, 9.17) is 15.7 Å². The molecule has 3 heteroatoms. The third-order valence-corrected chi connectivity index (χ3v) is 3.22. The third kappa shape index (κ3) is 2.46. The van der Waals surface area contributed by atoms with Gasteiger partial charge in [0, 0.05) is 6.61 Å². The second kappa shape index (κ2) is 3.88. The fourth-order valence-corrected chi connectivity index (χ4v) is 1.74. The molecular formula is C11H18N2O. The Morgan fingerprint density at radius 3 is 2.57 bits per heavy atom. The molecule has 1 unspecified atom stereocenters. The first-order chi connectivity index (χ1) is 6.74. The Labute approximate surface area is 85.2 Å². The molecule has 1 atom stereocenters. The Balaban J connectivity index is 1.64. The van der Waals surface area contributed by atoms with Crippen molar-refractivity contribution < 1.29 is 4.74 Å². The molecule has 2 aliphatic rings. The largest absolute Gasteiger partial charge is 0.378 e. The van der Waals surface area contributed by atoms with Crippen molar-refractivity contribution in [3.8, 4) is 6.07 Å². The highest BCUT2D eigenvalue weighted by atomic mass is 16.5. The van der Waals surface area contributed by atoms with Crippen LogP contribution in [-0.2, 0) is 4.74 Å². The molecule has 2 aliphatic carbocycles. The number of ether oxygens (including phenoxy) is 1. The lowest BCUT2D eigenvalue weighted by molar-refractivity contribution is 0.0911. The van der Waals surface area contributed by atoms with Crippen LogP contribution in [0.1, 0.15) is 32.1 Å². The van der Waals surface area contributed by atoms with E-state index in [0.29, 0.717) is 12.5 Å². The Hall–Kier alpha value is -0.590. The molecule has 0 aromatic heterocycles. The monoisotopic (exact) mass is 194 g/mol. The van der Waals surface area contributed by atoms with Gasteiger partial charge < -0.3 is 10.5 Å². The molecule has 0 radical (unpaired) electrons. The molecule has 0 aromatic rings. The highest BCUT2D eigenvalue weighted by molar-refractivity contribution is 5.13. The molecular weight excluding hydrogens is 176 g/mol. The maximum absolute atomic E-state index is 8.96. The topological polar surface area (TPSA) is 59.0 Å². The van der Waals surface area contributed by atoms with Crippen LogP contribution in [0.5, 0.6) is 0 Å². The van der Waals surface area contributed by atoms with Crippen LogP contribution in [0, 0.1) is 23.2 Å². The van der Waals surface area contributed by atoms with Crippen LogP contribution in [0.3, 0.4) is 0 Å². The van der Waals surface area contributed by atoms with Gasteiger partial charge in [0.2, 0.25) is 0 Å². The van der Waals surface area contributed by atoms with Crippen molar-refractivity contribution in [2.24, 2.45) is 17.6 Å². The van der Waals surface area contributed by atoms with Gasteiger partial charge in [-0.05, 0) is 31.1 Å². The van der Waals surface area contributed by atoms with Crippen LogP contribution >= 0.6 is 0 Å². The van der Waals surface area contributed by atoms with E-state index in [0.717, 1.165) is 31.8 Å². The van der Waals surface area contributed by atoms with Crippen molar-refractivity contribution in [2.75, 3.05) is 13.2 Å². The molecule has 2 saturated carbocycles. The van der Waals surface area contributed by atoms with Gasteiger partial charge in [-0.25, -0.2) is 0 Å². The minimum Gasteiger partial charge on any atom is -0.378 e. The molecule has 0 aromatic carbocycles. The van der Waals surface area contributed by atoms with Gasteiger partial charge in [0.15, 0.2) is 0 Å². The highest BCUT2D eigenvalue weighted by Crippen LogP contribution is 2.38. The zero-order valence-electron chi connectivity index (χ0n) is 8.54. The van der Waals surface area contributed by atoms with Crippen molar-refractivity contribution >= 4 is 0 Å². The summed E-state index contributed by atoms with van der Waals surface area (Å²) in [7, 11) is 0. The smallest absolute Gasteiger partial charge is 0.130 e. The Bertz CT molecular complexity index is 240. The number of hydrogen-bond donors (Lipinski definition) is 1. The lowest BCUT2D eigenvalue weighted by atomic mass is 9.98. The summed E-state index contributed by atoms with van der Waals surface area (Å²) >= 11 is 0. The van der Waals surface area contributed by atoms with Crippen molar-refractivity contribution in [1.29, 1.82) is 5.26 Å². The van der Waals surface area contributed by atoms with Gasteiger partial charge in [-0.15, -0.1) is 0 Å². The zero-order valence-corrected chi connectivity index (χ0v) is 8.54. The summed E-state index contributed by atoms with van der Waals surface area (Å²) in [5, 5.41) is 8.96. The van der Waals surface area contributed by atoms with Crippen LogP contribution in [0.2, 0.25) is 0 Å². The molecule has 78 valence electrons. The van der Waals surface area contributed by atoms with Crippen molar-refractivity contribution in [3.63, 3.8) is 0 Å². The van der Waals surface area contributed by atoms with E-state index in [1.54, 1.807) is 0 Å². The molecule has 2 rings (SSSR count). The SMILES string of the molecule is N#CC(N)(COCCC1CC1)C1CC1. The van der Waals surface area contributed by atoms with E-state index in [2.05, 4.69) is 6.07 Å². The fourth-order valence-electron chi connectivity index (χ4n) is 1.74. The van der Waals surface area contributed by atoms with E-state index < -0.39 is 5.54 Å². The number of nitriles is 1. The molecule has 0 saturated heterocycles. The fraction of sp³-hybridized carbons (Fsp3) is 0.909. The summed E-state index contributed by atoms with van der Waals surface area (Å²) in [6.45, 7) is 1.19.